The first kappa shape index (κ1) is 20.6. The summed E-state index contributed by atoms with van der Waals surface area (Å²) in [5.74, 6) is -2.33. The molecule has 0 amide bonds. The van der Waals surface area contributed by atoms with Crippen molar-refractivity contribution in [2.75, 3.05) is 18.5 Å². The van der Waals surface area contributed by atoms with Crippen LogP contribution >= 0.6 is 15.9 Å². The molecule has 1 unspecified atom stereocenters. The number of benzene rings is 1. The third-order valence-corrected chi connectivity index (χ3v) is 4.29. The van der Waals surface area contributed by atoms with E-state index in [-0.39, 0.29) is 35.5 Å². The molecule has 0 aromatic heterocycles. The summed E-state index contributed by atoms with van der Waals surface area (Å²) < 4.78 is 10.2. The number of alkyl halides is 1. The molecule has 0 fully saturated rings. The lowest BCUT2D eigenvalue weighted by atomic mass is 9.84. The highest BCUT2D eigenvalue weighted by atomic mass is 79.9. The molecule has 1 aromatic carbocycles. The Morgan fingerprint density at radius 2 is 1.93 bits per heavy atom. The first-order valence-electron chi connectivity index (χ1n) is 8.15. The molecular weight excluding hydrogens is 422 g/mol. The van der Waals surface area contributed by atoms with Gasteiger partial charge in [0, 0.05) is 17.5 Å². The molecule has 0 radical (unpaired) electrons. The van der Waals surface area contributed by atoms with Gasteiger partial charge in [0.05, 0.1) is 35.3 Å². The number of non-ortho nitro benzene ring substituents is 1. The molecule has 0 saturated heterocycles. The molecule has 1 aromatic rings. The molecule has 10 heteroatoms. The maximum atomic E-state index is 12.6. The van der Waals surface area contributed by atoms with Gasteiger partial charge >= 0.3 is 11.9 Å². The molecule has 1 N–H and O–H groups in total. The lowest BCUT2D eigenvalue weighted by molar-refractivity contribution is -0.384. The van der Waals surface area contributed by atoms with E-state index < -0.39 is 22.8 Å². The summed E-state index contributed by atoms with van der Waals surface area (Å²) in [5.41, 5.74) is 3.33. The van der Waals surface area contributed by atoms with Crippen molar-refractivity contribution >= 4 is 39.3 Å². The van der Waals surface area contributed by atoms with E-state index in [1.54, 1.807) is 19.9 Å². The Bertz CT molecular complexity index is 821. The molecule has 144 valence electrons. The standard InChI is InChI=1S/C17H18BrN3O6/c1-3-26-16(22)14-12(9-18)19-20-15(17(23)27-4-2)13(14)10-6-5-7-11(8-10)21(24)25/h5-8,13,19H,3-4,9H2,1-2H3. The predicted octanol–water partition coefficient (Wildman–Crippen LogP) is 2.41. The van der Waals surface area contributed by atoms with Gasteiger partial charge < -0.3 is 9.47 Å². The summed E-state index contributed by atoms with van der Waals surface area (Å²) in [6.45, 7) is 3.54. The molecule has 1 atom stereocenters. The average molecular weight is 440 g/mol. The number of hydrogen-bond donors (Lipinski definition) is 1. The number of hydrazone groups is 1. The lowest BCUT2D eigenvalue weighted by Gasteiger charge is -2.26. The maximum Gasteiger partial charge on any atom is 0.355 e. The van der Waals surface area contributed by atoms with Gasteiger partial charge in [0.2, 0.25) is 0 Å². The number of rotatable bonds is 7. The first-order chi connectivity index (χ1) is 12.9. The van der Waals surface area contributed by atoms with Gasteiger partial charge in [0.25, 0.3) is 5.69 Å². The van der Waals surface area contributed by atoms with Crippen LogP contribution in [0.25, 0.3) is 0 Å². The van der Waals surface area contributed by atoms with Gasteiger partial charge in [0.15, 0.2) is 5.71 Å². The molecule has 0 bridgehead atoms. The van der Waals surface area contributed by atoms with Crippen molar-refractivity contribution < 1.29 is 24.0 Å². The third-order valence-electron chi connectivity index (χ3n) is 3.73. The van der Waals surface area contributed by atoms with Crippen LogP contribution < -0.4 is 5.43 Å². The average Bonchev–Trinajstić information content (AvgIpc) is 2.67. The van der Waals surface area contributed by atoms with Crippen molar-refractivity contribution in [3.63, 3.8) is 0 Å². The normalized spacial score (nSPS) is 16.3. The molecule has 0 aliphatic carbocycles. The van der Waals surface area contributed by atoms with Crippen molar-refractivity contribution in [3.8, 4) is 0 Å². The van der Waals surface area contributed by atoms with Gasteiger partial charge in [-0.05, 0) is 19.4 Å². The summed E-state index contributed by atoms with van der Waals surface area (Å²) in [5, 5.41) is 15.4. The van der Waals surface area contributed by atoms with Gasteiger partial charge in [-0.15, -0.1) is 0 Å². The molecule has 9 nitrogen and oxygen atoms in total. The maximum absolute atomic E-state index is 12.6. The highest BCUT2D eigenvalue weighted by molar-refractivity contribution is 9.09. The molecular formula is C17H18BrN3O6. The van der Waals surface area contributed by atoms with Crippen molar-refractivity contribution in [3.05, 3.63) is 51.2 Å². The van der Waals surface area contributed by atoms with Crippen LogP contribution in [0, 0.1) is 10.1 Å². The van der Waals surface area contributed by atoms with Crippen molar-refractivity contribution in [1.29, 1.82) is 0 Å². The van der Waals surface area contributed by atoms with E-state index in [4.69, 9.17) is 9.47 Å². The number of nitro benzene ring substituents is 1. The monoisotopic (exact) mass is 439 g/mol. The Morgan fingerprint density at radius 1 is 1.26 bits per heavy atom. The Hall–Kier alpha value is -2.75. The topological polar surface area (TPSA) is 120 Å². The molecule has 2 rings (SSSR count). The molecule has 1 heterocycles. The van der Waals surface area contributed by atoms with E-state index in [0.29, 0.717) is 11.3 Å². The smallest absolute Gasteiger partial charge is 0.355 e. The van der Waals surface area contributed by atoms with Gasteiger partial charge in [-0.3, -0.25) is 15.5 Å². The molecule has 27 heavy (non-hydrogen) atoms. The van der Waals surface area contributed by atoms with Gasteiger partial charge in [-0.25, -0.2) is 9.59 Å². The summed E-state index contributed by atoms with van der Waals surface area (Å²) in [6, 6.07) is 5.69. The largest absolute Gasteiger partial charge is 0.463 e. The van der Waals surface area contributed by atoms with Crippen LogP contribution in [0.1, 0.15) is 25.3 Å². The van der Waals surface area contributed by atoms with Crippen LogP contribution in [0.3, 0.4) is 0 Å². The fourth-order valence-corrected chi connectivity index (χ4v) is 3.05. The van der Waals surface area contributed by atoms with Gasteiger partial charge in [-0.1, -0.05) is 28.1 Å². The highest BCUT2D eigenvalue weighted by Gasteiger charge is 2.38. The minimum absolute atomic E-state index is 0.0786. The lowest BCUT2D eigenvalue weighted by Crippen LogP contribution is -2.37. The molecule has 0 spiro atoms. The summed E-state index contributed by atoms with van der Waals surface area (Å²) in [7, 11) is 0. The second kappa shape index (κ2) is 9.26. The quantitative estimate of drug-likeness (QED) is 0.299. The van der Waals surface area contributed by atoms with Gasteiger partial charge in [0.1, 0.15) is 0 Å². The fourth-order valence-electron chi connectivity index (χ4n) is 2.63. The number of carbonyl (C=O) groups is 2. The van der Waals surface area contributed by atoms with E-state index in [9.17, 15) is 19.7 Å². The van der Waals surface area contributed by atoms with E-state index in [1.807, 2.05) is 0 Å². The van der Waals surface area contributed by atoms with E-state index in [2.05, 4.69) is 26.5 Å². The fraction of sp³-hybridized carbons (Fsp3) is 0.353. The second-order valence-electron chi connectivity index (χ2n) is 5.36. The first-order valence-corrected chi connectivity index (χ1v) is 9.27. The van der Waals surface area contributed by atoms with Gasteiger partial charge in [-0.2, -0.15) is 5.10 Å². The number of allylic oxidation sites excluding steroid dienone is 1. The molecule has 1 aliphatic rings. The van der Waals surface area contributed by atoms with E-state index in [0.717, 1.165) is 0 Å². The number of ether oxygens (including phenoxy) is 2. The van der Waals surface area contributed by atoms with Crippen molar-refractivity contribution in [2.45, 2.75) is 19.8 Å². The van der Waals surface area contributed by atoms with Crippen molar-refractivity contribution in [1.82, 2.24) is 5.43 Å². The molecule has 1 aliphatic heterocycles. The number of nitrogens with zero attached hydrogens (tertiary/aromatic N) is 2. The molecule has 0 saturated carbocycles. The SMILES string of the molecule is CCOC(=O)C1=NNC(CBr)=C(C(=O)OCC)C1c1cccc([N+](=O)[O-])c1. The number of halogens is 1. The minimum atomic E-state index is -0.961. The minimum Gasteiger partial charge on any atom is -0.463 e. The Balaban J connectivity index is 2.64. The van der Waals surface area contributed by atoms with E-state index >= 15 is 0 Å². The summed E-state index contributed by atoms with van der Waals surface area (Å²) >= 11 is 3.27. The summed E-state index contributed by atoms with van der Waals surface area (Å²) in [4.78, 5) is 35.6. The zero-order chi connectivity index (χ0) is 20.0. The van der Waals surface area contributed by atoms with Crippen LogP contribution in [0.15, 0.2) is 40.6 Å². The number of esters is 2. The van der Waals surface area contributed by atoms with Crippen LogP contribution in [0.4, 0.5) is 5.69 Å². The number of nitro groups is 1. The Labute approximate surface area is 163 Å². The zero-order valence-corrected chi connectivity index (χ0v) is 16.3. The second-order valence-corrected chi connectivity index (χ2v) is 5.92. The Morgan fingerprint density at radius 3 is 2.52 bits per heavy atom. The van der Waals surface area contributed by atoms with E-state index in [1.165, 1.54) is 18.2 Å². The predicted molar refractivity (Wildman–Crippen MR) is 100 cm³/mol. The third kappa shape index (κ3) is 4.51. The van der Waals surface area contributed by atoms with Crippen LogP contribution in [0.2, 0.25) is 0 Å². The zero-order valence-electron chi connectivity index (χ0n) is 14.7. The van der Waals surface area contributed by atoms with Crippen LogP contribution in [-0.4, -0.2) is 41.1 Å². The number of carbonyl (C=O) groups excluding carboxylic acids is 2. The van der Waals surface area contributed by atoms with Crippen LogP contribution in [-0.2, 0) is 19.1 Å². The summed E-state index contributed by atoms with van der Waals surface area (Å²) in [6.07, 6.45) is 0. The Kier molecular flexibility index (Phi) is 7.05. The number of nitrogens with one attached hydrogen (secondary N) is 1. The number of hydrogen-bond acceptors (Lipinski definition) is 8. The van der Waals surface area contributed by atoms with Crippen LogP contribution in [0.5, 0.6) is 0 Å². The highest BCUT2D eigenvalue weighted by Crippen LogP contribution is 2.34. The van der Waals surface area contributed by atoms with Crippen molar-refractivity contribution in [2.24, 2.45) is 5.10 Å².